The first-order valence-corrected chi connectivity index (χ1v) is 8.66. The Morgan fingerprint density at radius 1 is 0.633 bits per heavy atom. The molecular formula is C22H22O8. The summed E-state index contributed by atoms with van der Waals surface area (Å²) < 4.78 is 20.4. The second-order valence-corrected chi connectivity index (χ2v) is 5.98. The lowest BCUT2D eigenvalue weighted by molar-refractivity contribution is -0.107. The topological polar surface area (TPSA) is 112 Å². The molecule has 2 aromatic carbocycles. The summed E-state index contributed by atoms with van der Waals surface area (Å²) in [6.45, 7) is 0. The van der Waals surface area contributed by atoms with Crippen molar-refractivity contribution in [2.24, 2.45) is 0 Å². The molecule has 0 aliphatic rings. The van der Waals surface area contributed by atoms with Gasteiger partial charge in [0.1, 0.15) is 0 Å². The number of hydrogen-bond acceptors (Lipinski definition) is 8. The van der Waals surface area contributed by atoms with Crippen LogP contribution in [0.2, 0.25) is 0 Å². The van der Waals surface area contributed by atoms with E-state index in [1.807, 2.05) is 0 Å². The average molecular weight is 414 g/mol. The smallest absolute Gasteiger partial charge is 0.200 e. The molecular weight excluding hydrogens is 392 g/mol. The quantitative estimate of drug-likeness (QED) is 0.366. The number of hydrogen-bond donors (Lipinski definition) is 2. The number of carbonyl (C=O) groups excluding carboxylic acids is 2. The summed E-state index contributed by atoms with van der Waals surface area (Å²) in [5, 5.41) is 20.0. The summed E-state index contributed by atoms with van der Waals surface area (Å²) >= 11 is 0. The van der Waals surface area contributed by atoms with E-state index in [9.17, 15) is 19.8 Å². The fraction of sp³-hybridized carbons (Fsp3) is 0.182. The minimum atomic E-state index is -0.181. The van der Waals surface area contributed by atoms with Crippen LogP contribution in [0.3, 0.4) is 0 Å². The van der Waals surface area contributed by atoms with Gasteiger partial charge in [-0.3, -0.25) is 9.59 Å². The van der Waals surface area contributed by atoms with Gasteiger partial charge in [-0.05, 0) is 47.5 Å². The molecule has 8 nitrogen and oxygen atoms in total. The molecule has 30 heavy (non-hydrogen) atoms. The van der Waals surface area contributed by atoms with Crippen molar-refractivity contribution in [3.8, 4) is 34.5 Å². The maximum atomic E-state index is 11.7. The molecule has 0 atom stereocenters. The molecule has 0 aliphatic carbocycles. The fourth-order valence-corrected chi connectivity index (χ4v) is 2.72. The molecule has 0 radical (unpaired) electrons. The van der Waals surface area contributed by atoms with E-state index < -0.39 is 0 Å². The Morgan fingerprint density at radius 2 is 0.900 bits per heavy atom. The van der Waals surface area contributed by atoms with Crippen molar-refractivity contribution in [3.05, 3.63) is 46.5 Å². The van der Waals surface area contributed by atoms with Gasteiger partial charge in [-0.15, -0.1) is 0 Å². The highest BCUT2D eigenvalue weighted by atomic mass is 16.5. The van der Waals surface area contributed by atoms with Gasteiger partial charge in [0, 0.05) is 11.1 Å². The van der Waals surface area contributed by atoms with Gasteiger partial charge in [-0.25, -0.2) is 0 Å². The lowest BCUT2D eigenvalue weighted by atomic mass is 10.0. The first-order chi connectivity index (χ1) is 14.4. The van der Waals surface area contributed by atoms with Gasteiger partial charge >= 0.3 is 0 Å². The molecule has 158 valence electrons. The lowest BCUT2D eigenvalue weighted by Gasteiger charge is -2.11. The number of aromatic hydroxyl groups is 2. The highest BCUT2D eigenvalue weighted by Crippen LogP contribution is 2.39. The second-order valence-electron chi connectivity index (χ2n) is 5.98. The van der Waals surface area contributed by atoms with E-state index in [2.05, 4.69) is 0 Å². The molecule has 0 aromatic heterocycles. The van der Waals surface area contributed by atoms with Crippen molar-refractivity contribution in [3.63, 3.8) is 0 Å². The molecule has 2 aromatic rings. The predicted molar refractivity (Wildman–Crippen MR) is 111 cm³/mol. The third-order valence-corrected chi connectivity index (χ3v) is 4.24. The Labute approximate surface area is 173 Å². The van der Waals surface area contributed by atoms with E-state index in [0.717, 1.165) is 0 Å². The monoisotopic (exact) mass is 414 g/mol. The number of methoxy groups -OCH3 is 4. The maximum absolute atomic E-state index is 11.7. The molecule has 0 aliphatic heterocycles. The molecule has 0 spiro atoms. The zero-order valence-corrected chi connectivity index (χ0v) is 17.0. The van der Waals surface area contributed by atoms with Crippen LogP contribution in [-0.4, -0.2) is 51.2 Å². The van der Waals surface area contributed by atoms with Crippen molar-refractivity contribution in [2.45, 2.75) is 0 Å². The summed E-state index contributed by atoms with van der Waals surface area (Å²) in [6.07, 6.45) is 3.96. The van der Waals surface area contributed by atoms with Crippen molar-refractivity contribution in [2.75, 3.05) is 28.4 Å². The number of carbonyl (C=O) groups is 2. The molecule has 0 saturated carbocycles. The number of allylic oxidation sites excluding steroid dienone is 2. The summed E-state index contributed by atoms with van der Waals surface area (Å²) in [5.41, 5.74) is 1.09. The summed E-state index contributed by atoms with van der Waals surface area (Å²) in [6, 6.07) is 5.99. The Hall–Kier alpha value is -3.94. The van der Waals surface area contributed by atoms with E-state index in [1.165, 1.54) is 64.9 Å². The van der Waals surface area contributed by atoms with Crippen LogP contribution in [0.15, 0.2) is 35.4 Å². The normalized spacial score (nSPS) is 11.6. The van der Waals surface area contributed by atoms with E-state index in [4.69, 9.17) is 18.9 Å². The molecule has 0 saturated heterocycles. The molecule has 0 unspecified atom stereocenters. The Balaban J connectivity index is 2.58. The SMILES string of the molecule is COc1cc(/C=C(C=O)/C(C=O)=C/c2cc(OC)c(O)c(OC)c2)cc(OC)c1O. The van der Waals surface area contributed by atoms with Gasteiger partial charge in [-0.1, -0.05) is 0 Å². The van der Waals surface area contributed by atoms with Crippen LogP contribution in [-0.2, 0) is 9.59 Å². The first kappa shape index (κ1) is 22.4. The Bertz CT molecular complexity index is 873. The van der Waals surface area contributed by atoms with Crippen molar-refractivity contribution >= 4 is 24.7 Å². The number of phenolic OH excluding ortho intramolecular Hbond substituents is 2. The van der Waals surface area contributed by atoms with Crippen LogP contribution in [0.5, 0.6) is 34.5 Å². The number of benzene rings is 2. The molecule has 2 N–H and O–H groups in total. The summed E-state index contributed by atoms with van der Waals surface area (Å²) in [4.78, 5) is 23.4. The van der Waals surface area contributed by atoms with E-state index in [0.29, 0.717) is 23.7 Å². The largest absolute Gasteiger partial charge is 0.502 e. The van der Waals surface area contributed by atoms with Crippen LogP contribution in [0, 0.1) is 0 Å². The third kappa shape index (κ3) is 4.72. The van der Waals surface area contributed by atoms with Crippen molar-refractivity contribution < 1.29 is 38.7 Å². The fourth-order valence-electron chi connectivity index (χ4n) is 2.72. The predicted octanol–water partition coefficient (Wildman–Crippen LogP) is 3.00. The van der Waals surface area contributed by atoms with Gasteiger partial charge < -0.3 is 29.2 Å². The molecule has 0 fully saturated rings. The highest BCUT2D eigenvalue weighted by molar-refractivity contribution is 6.02. The van der Waals surface area contributed by atoms with Crippen LogP contribution < -0.4 is 18.9 Å². The van der Waals surface area contributed by atoms with Crippen molar-refractivity contribution in [1.29, 1.82) is 0 Å². The highest BCUT2D eigenvalue weighted by Gasteiger charge is 2.14. The Morgan fingerprint density at radius 3 is 1.10 bits per heavy atom. The molecule has 0 bridgehead atoms. The number of ether oxygens (including phenoxy) is 4. The molecule has 2 rings (SSSR count). The minimum absolute atomic E-state index is 0.0748. The lowest BCUT2D eigenvalue weighted by Crippen LogP contribution is -1.96. The van der Waals surface area contributed by atoms with Gasteiger partial charge in [0.2, 0.25) is 11.5 Å². The van der Waals surface area contributed by atoms with Crippen LogP contribution in [0.1, 0.15) is 11.1 Å². The van der Waals surface area contributed by atoms with Crippen LogP contribution in [0.4, 0.5) is 0 Å². The van der Waals surface area contributed by atoms with E-state index >= 15 is 0 Å². The minimum Gasteiger partial charge on any atom is -0.502 e. The van der Waals surface area contributed by atoms with Gasteiger partial charge in [-0.2, -0.15) is 0 Å². The number of phenols is 2. The molecule has 0 heterocycles. The molecule has 8 heteroatoms. The zero-order chi connectivity index (χ0) is 22.3. The maximum Gasteiger partial charge on any atom is 0.200 e. The third-order valence-electron chi connectivity index (χ3n) is 4.24. The average Bonchev–Trinajstić information content (AvgIpc) is 2.77. The zero-order valence-electron chi connectivity index (χ0n) is 17.0. The number of rotatable bonds is 9. The summed E-state index contributed by atoms with van der Waals surface area (Å²) in [7, 11) is 5.52. The van der Waals surface area contributed by atoms with Crippen LogP contribution in [0.25, 0.3) is 12.2 Å². The van der Waals surface area contributed by atoms with Gasteiger partial charge in [0.05, 0.1) is 28.4 Å². The van der Waals surface area contributed by atoms with E-state index in [1.54, 1.807) is 0 Å². The van der Waals surface area contributed by atoms with E-state index in [-0.39, 0.29) is 45.6 Å². The van der Waals surface area contributed by atoms with Crippen LogP contribution >= 0.6 is 0 Å². The Kier molecular flexibility index (Phi) is 7.46. The standard InChI is InChI=1S/C22H22O8/c1-27-17-7-13(8-18(28-2)21(17)25)5-15(11-23)16(12-24)6-14-9-19(29-3)22(26)20(10-14)30-4/h5-12,25-26H,1-4H3/b15-5+,16-6+. The molecule has 0 amide bonds. The summed E-state index contributed by atoms with van der Waals surface area (Å²) in [5.74, 6) is 0.232. The first-order valence-electron chi connectivity index (χ1n) is 8.66. The van der Waals surface area contributed by atoms with Gasteiger partial charge in [0.25, 0.3) is 0 Å². The second kappa shape index (κ2) is 10.0. The van der Waals surface area contributed by atoms with Crippen molar-refractivity contribution in [1.82, 2.24) is 0 Å². The number of aldehydes is 2. The van der Waals surface area contributed by atoms with Gasteiger partial charge in [0.15, 0.2) is 35.6 Å².